The first-order valence-corrected chi connectivity index (χ1v) is 5.53. The Balaban J connectivity index is 3.27. The second-order valence-electron chi connectivity index (χ2n) is 3.70. The van der Waals surface area contributed by atoms with Gasteiger partial charge in [-0.1, -0.05) is 11.6 Å². The van der Waals surface area contributed by atoms with Crippen molar-refractivity contribution >= 4 is 28.9 Å². The molecule has 0 bridgehead atoms. The summed E-state index contributed by atoms with van der Waals surface area (Å²) in [5.41, 5.74) is -1.22. The van der Waals surface area contributed by atoms with Gasteiger partial charge in [-0.25, -0.2) is 0 Å². The van der Waals surface area contributed by atoms with Crippen molar-refractivity contribution in [2.45, 2.75) is 19.5 Å². The summed E-state index contributed by atoms with van der Waals surface area (Å²) in [6, 6.07) is 1.17. The summed E-state index contributed by atoms with van der Waals surface area (Å²) in [6.07, 6.45) is -9.02. The van der Waals surface area contributed by atoms with E-state index in [0.717, 1.165) is 13.0 Å². The highest BCUT2D eigenvalue weighted by atomic mass is 35.5. The molecule has 0 fully saturated rings. The standard InChI is InChI=1S/C10H7ClF4N2O4/c1-4(18)16-6-2-5(11)8(3-7(6)17(19)20)21-10(14,15)9(12)13/h2-3,9H,1H3,(H,16,18). The number of halogens is 5. The van der Waals surface area contributed by atoms with Crippen LogP contribution in [0.1, 0.15) is 6.92 Å². The smallest absolute Gasteiger partial charge is 0.426 e. The van der Waals surface area contributed by atoms with Gasteiger partial charge in [-0.2, -0.15) is 17.6 Å². The summed E-state index contributed by atoms with van der Waals surface area (Å²) < 4.78 is 53.3. The molecule has 0 aliphatic heterocycles. The zero-order valence-electron chi connectivity index (χ0n) is 10.2. The number of carbonyl (C=O) groups excluding carboxylic acids is 1. The van der Waals surface area contributed by atoms with E-state index in [2.05, 4.69) is 10.1 Å². The van der Waals surface area contributed by atoms with E-state index in [1.54, 1.807) is 0 Å². The molecular formula is C10H7ClF4N2O4. The molecule has 1 N–H and O–H groups in total. The molecule has 0 saturated carbocycles. The molecule has 6 nitrogen and oxygen atoms in total. The highest BCUT2D eigenvalue weighted by molar-refractivity contribution is 6.32. The largest absolute Gasteiger partial charge is 0.461 e. The molecule has 1 amide bonds. The highest BCUT2D eigenvalue weighted by Crippen LogP contribution is 2.39. The molecule has 0 spiro atoms. The van der Waals surface area contributed by atoms with Gasteiger partial charge in [0.25, 0.3) is 5.69 Å². The number of nitrogens with zero attached hydrogens (tertiary/aromatic N) is 1. The number of anilines is 1. The lowest BCUT2D eigenvalue weighted by Crippen LogP contribution is -2.33. The Hall–Kier alpha value is -2.10. The molecule has 0 atom stereocenters. The Labute approximate surface area is 119 Å². The fourth-order valence-electron chi connectivity index (χ4n) is 1.25. The number of ether oxygens (including phenoxy) is 1. The molecule has 0 aromatic heterocycles. The van der Waals surface area contributed by atoms with E-state index in [0.29, 0.717) is 6.07 Å². The van der Waals surface area contributed by atoms with Crippen LogP contribution in [-0.4, -0.2) is 23.4 Å². The quantitative estimate of drug-likeness (QED) is 0.509. The van der Waals surface area contributed by atoms with Crippen LogP contribution in [0, 0.1) is 10.1 Å². The maximum atomic E-state index is 12.8. The predicted molar refractivity (Wildman–Crippen MR) is 64.0 cm³/mol. The first-order valence-electron chi connectivity index (χ1n) is 5.15. The van der Waals surface area contributed by atoms with Gasteiger partial charge < -0.3 is 10.1 Å². The Kier molecular flexibility index (Phi) is 4.94. The second-order valence-corrected chi connectivity index (χ2v) is 4.11. The van der Waals surface area contributed by atoms with Gasteiger partial charge in [0.2, 0.25) is 5.91 Å². The van der Waals surface area contributed by atoms with Crippen LogP contribution in [0.2, 0.25) is 5.02 Å². The van der Waals surface area contributed by atoms with Crippen LogP contribution in [0.25, 0.3) is 0 Å². The molecule has 0 aliphatic rings. The number of hydrogen-bond donors (Lipinski definition) is 1. The molecule has 0 aliphatic carbocycles. The van der Waals surface area contributed by atoms with E-state index in [9.17, 15) is 32.5 Å². The molecule has 1 aromatic rings. The summed E-state index contributed by atoms with van der Waals surface area (Å²) in [4.78, 5) is 20.6. The van der Waals surface area contributed by atoms with Crippen molar-refractivity contribution < 1.29 is 32.0 Å². The lowest BCUT2D eigenvalue weighted by atomic mass is 10.2. The van der Waals surface area contributed by atoms with Crippen molar-refractivity contribution in [1.29, 1.82) is 0 Å². The van der Waals surface area contributed by atoms with Crippen LogP contribution in [0.3, 0.4) is 0 Å². The van der Waals surface area contributed by atoms with Crippen LogP contribution in [0.5, 0.6) is 5.75 Å². The summed E-state index contributed by atoms with van der Waals surface area (Å²) in [6.45, 7) is 1.05. The van der Waals surface area contributed by atoms with Gasteiger partial charge >= 0.3 is 12.5 Å². The third-order valence-electron chi connectivity index (χ3n) is 2.06. The number of benzene rings is 1. The van der Waals surface area contributed by atoms with E-state index in [1.807, 2.05) is 0 Å². The normalized spacial score (nSPS) is 11.4. The number of rotatable bonds is 5. The van der Waals surface area contributed by atoms with Crippen LogP contribution in [-0.2, 0) is 4.79 Å². The Bertz CT molecular complexity index is 582. The van der Waals surface area contributed by atoms with Gasteiger partial charge in [-0.15, -0.1) is 0 Å². The molecule has 11 heteroatoms. The number of nitro groups is 1. The molecule has 1 rings (SSSR count). The number of alkyl halides is 4. The Morgan fingerprint density at radius 2 is 2.05 bits per heavy atom. The Morgan fingerprint density at radius 1 is 1.48 bits per heavy atom. The number of nitrogens with one attached hydrogen (secondary N) is 1. The minimum absolute atomic E-state index is 0.384. The van der Waals surface area contributed by atoms with Crippen molar-refractivity contribution in [1.82, 2.24) is 0 Å². The van der Waals surface area contributed by atoms with Gasteiger partial charge in [0, 0.05) is 6.92 Å². The molecule has 0 heterocycles. The topological polar surface area (TPSA) is 81.5 Å². The van der Waals surface area contributed by atoms with Gasteiger partial charge in [0.1, 0.15) is 5.69 Å². The maximum Gasteiger partial charge on any atom is 0.461 e. The van der Waals surface area contributed by atoms with Crippen LogP contribution in [0.15, 0.2) is 12.1 Å². The van der Waals surface area contributed by atoms with Gasteiger partial charge in [-0.3, -0.25) is 14.9 Å². The zero-order chi connectivity index (χ0) is 16.4. The summed E-state index contributed by atoms with van der Waals surface area (Å²) in [5.74, 6) is -1.69. The van der Waals surface area contributed by atoms with E-state index in [4.69, 9.17) is 11.6 Å². The van der Waals surface area contributed by atoms with Gasteiger partial charge in [-0.05, 0) is 6.07 Å². The highest BCUT2D eigenvalue weighted by Gasteiger charge is 2.44. The minimum Gasteiger partial charge on any atom is -0.426 e. The molecule has 116 valence electrons. The van der Waals surface area contributed by atoms with E-state index >= 15 is 0 Å². The van der Waals surface area contributed by atoms with Crippen molar-refractivity contribution in [3.63, 3.8) is 0 Å². The van der Waals surface area contributed by atoms with E-state index in [-0.39, 0.29) is 5.69 Å². The molecule has 0 unspecified atom stereocenters. The maximum absolute atomic E-state index is 12.8. The van der Waals surface area contributed by atoms with Crippen LogP contribution >= 0.6 is 11.6 Å². The third kappa shape index (κ3) is 4.18. The summed E-state index contributed by atoms with van der Waals surface area (Å²) in [5, 5.41) is 12.2. The number of carbonyl (C=O) groups is 1. The van der Waals surface area contributed by atoms with Crippen molar-refractivity contribution in [3.05, 3.63) is 27.3 Å². The fraction of sp³-hybridized carbons (Fsp3) is 0.300. The number of amides is 1. The fourth-order valence-corrected chi connectivity index (χ4v) is 1.46. The van der Waals surface area contributed by atoms with Crippen molar-refractivity contribution in [2.75, 3.05) is 5.32 Å². The van der Waals surface area contributed by atoms with Crippen molar-refractivity contribution in [2.24, 2.45) is 0 Å². The SMILES string of the molecule is CC(=O)Nc1cc(Cl)c(OC(F)(F)C(F)F)cc1[N+](=O)[O-]. The average molecular weight is 331 g/mol. The minimum atomic E-state index is -4.87. The zero-order valence-corrected chi connectivity index (χ0v) is 11.0. The Morgan fingerprint density at radius 3 is 2.48 bits per heavy atom. The van der Waals surface area contributed by atoms with E-state index < -0.39 is 39.8 Å². The van der Waals surface area contributed by atoms with Crippen LogP contribution in [0.4, 0.5) is 28.9 Å². The average Bonchev–Trinajstić information content (AvgIpc) is 2.30. The number of hydrogen-bond acceptors (Lipinski definition) is 4. The first kappa shape index (κ1) is 17.0. The summed E-state index contributed by atoms with van der Waals surface area (Å²) in [7, 11) is 0. The van der Waals surface area contributed by atoms with Gasteiger partial charge in [0.15, 0.2) is 5.75 Å². The first-order chi connectivity index (χ1) is 9.54. The van der Waals surface area contributed by atoms with Gasteiger partial charge in [0.05, 0.1) is 16.0 Å². The molecule has 21 heavy (non-hydrogen) atoms. The molecular weight excluding hydrogens is 324 g/mol. The summed E-state index contributed by atoms with van der Waals surface area (Å²) >= 11 is 5.52. The lowest BCUT2D eigenvalue weighted by Gasteiger charge is -2.18. The monoisotopic (exact) mass is 330 g/mol. The third-order valence-corrected chi connectivity index (χ3v) is 2.35. The predicted octanol–water partition coefficient (Wildman–Crippen LogP) is 3.44. The number of nitro benzene ring substituents is 1. The lowest BCUT2D eigenvalue weighted by molar-refractivity contribution is -0.384. The van der Waals surface area contributed by atoms with E-state index in [1.165, 1.54) is 0 Å². The second kappa shape index (κ2) is 6.12. The molecule has 0 radical (unpaired) electrons. The van der Waals surface area contributed by atoms with Crippen molar-refractivity contribution in [3.8, 4) is 5.75 Å². The molecule has 0 saturated heterocycles. The molecule has 1 aromatic carbocycles. The van der Waals surface area contributed by atoms with Crippen LogP contribution < -0.4 is 10.1 Å².